The van der Waals surface area contributed by atoms with E-state index in [0.29, 0.717) is 24.7 Å². The number of likely N-dealkylation sites (tertiary alicyclic amines) is 1. The van der Waals surface area contributed by atoms with Crippen molar-refractivity contribution >= 4 is 28.8 Å². The molecule has 1 saturated heterocycles. The lowest BCUT2D eigenvalue weighted by Crippen LogP contribution is -2.39. The van der Waals surface area contributed by atoms with Crippen LogP contribution in [0.5, 0.6) is 0 Å². The Morgan fingerprint density at radius 1 is 1.30 bits per heavy atom. The zero-order valence-electron chi connectivity index (χ0n) is 16.4. The summed E-state index contributed by atoms with van der Waals surface area (Å²) in [5.74, 6) is 0.501. The largest absolute Gasteiger partial charge is 0.421 e. The summed E-state index contributed by atoms with van der Waals surface area (Å²) >= 11 is 1.56. The van der Waals surface area contributed by atoms with Crippen molar-refractivity contribution in [3.05, 3.63) is 52.5 Å². The molecule has 0 radical (unpaired) electrons. The van der Waals surface area contributed by atoms with E-state index in [1.54, 1.807) is 11.3 Å². The first-order chi connectivity index (χ1) is 14.6. The van der Waals surface area contributed by atoms with E-state index in [1.165, 1.54) is 0 Å². The second-order valence-electron chi connectivity index (χ2n) is 7.29. The lowest BCUT2D eigenvalue weighted by Gasteiger charge is -2.22. The van der Waals surface area contributed by atoms with Crippen LogP contribution >= 0.6 is 11.3 Å². The molecular formula is C21H23N5O3S. The van der Waals surface area contributed by atoms with Crippen molar-refractivity contribution < 1.29 is 14.0 Å². The number of hydrogen-bond donors (Lipinski definition) is 2. The second kappa shape index (κ2) is 9.19. The minimum Gasteiger partial charge on any atom is -0.421 e. The topological polar surface area (TPSA) is 114 Å². The Hall–Kier alpha value is -3.04. The number of aromatic nitrogens is 2. The highest BCUT2D eigenvalue weighted by atomic mass is 32.1. The summed E-state index contributed by atoms with van der Waals surface area (Å²) < 4.78 is 5.61. The minimum atomic E-state index is -0.278. The van der Waals surface area contributed by atoms with Crippen LogP contribution in [0.2, 0.25) is 0 Å². The number of benzene rings is 1. The van der Waals surface area contributed by atoms with Crippen LogP contribution in [0.25, 0.3) is 11.5 Å². The number of aryl methyl sites for hydroxylation is 1. The third kappa shape index (κ3) is 4.92. The van der Waals surface area contributed by atoms with Gasteiger partial charge in [0.1, 0.15) is 0 Å². The van der Waals surface area contributed by atoms with Crippen molar-refractivity contribution in [2.24, 2.45) is 5.73 Å². The van der Waals surface area contributed by atoms with Crippen molar-refractivity contribution in [2.45, 2.75) is 38.3 Å². The van der Waals surface area contributed by atoms with Gasteiger partial charge in [0.2, 0.25) is 23.6 Å². The Labute approximate surface area is 178 Å². The first-order valence-electron chi connectivity index (χ1n) is 9.85. The van der Waals surface area contributed by atoms with Gasteiger partial charge in [-0.2, -0.15) is 11.3 Å². The van der Waals surface area contributed by atoms with Gasteiger partial charge in [-0.1, -0.05) is 12.1 Å². The quantitative estimate of drug-likeness (QED) is 0.574. The van der Waals surface area contributed by atoms with Gasteiger partial charge in [-0.3, -0.25) is 14.5 Å². The lowest BCUT2D eigenvalue weighted by molar-refractivity contribution is -0.122. The van der Waals surface area contributed by atoms with Gasteiger partial charge in [0.05, 0.1) is 6.04 Å². The molecule has 3 aromatic rings. The van der Waals surface area contributed by atoms with E-state index in [9.17, 15) is 9.59 Å². The number of hydrogen-bond acceptors (Lipinski definition) is 7. The molecular weight excluding hydrogens is 402 g/mol. The van der Waals surface area contributed by atoms with E-state index >= 15 is 0 Å². The summed E-state index contributed by atoms with van der Waals surface area (Å²) in [7, 11) is 0. The molecule has 2 aromatic heterocycles. The highest BCUT2D eigenvalue weighted by Crippen LogP contribution is 2.22. The van der Waals surface area contributed by atoms with E-state index in [1.807, 2.05) is 41.1 Å². The number of thiophene rings is 1. The monoisotopic (exact) mass is 425 g/mol. The molecule has 1 aliphatic heterocycles. The van der Waals surface area contributed by atoms with Crippen LogP contribution < -0.4 is 11.1 Å². The minimum absolute atomic E-state index is 0.126. The maximum Gasteiger partial charge on any atom is 0.248 e. The molecule has 0 aliphatic carbocycles. The summed E-state index contributed by atoms with van der Waals surface area (Å²) in [6.07, 6.45) is 2.38. The van der Waals surface area contributed by atoms with E-state index in [2.05, 4.69) is 20.4 Å². The highest BCUT2D eigenvalue weighted by Gasteiger charge is 2.28. The number of rotatable bonds is 8. The summed E-state index contributed by atoms with van der Waals surface area (Å²) in [5.41, 5.74) is 8.12. The predicted molar refractivity (Wildman–Crippen MR) is 114 cm³/mol. The average molecular weight is 426 g/mol. The molecule has 0 spiro atoms. The fourth-order valence-corrected chi connectivity index (χ4v) is 4.25. The Bertz CT molecular complexity index is 1020. The zero-order valence-corrected chi connectivity index (χ0v) is 17.2. The van der Waals surface area contributed by atoms with Gasteiger partial charge in [-0.05, 0) is 48.5 Å². The van der Waals surface area contributed by atoms with Gasteiger partial charge in [-0.25, -0.2) is 0 Å². The van der Waals surface area contributed by atoms with E-state index < -0.39 is 0 Å². The fraction of sp³-hybridized carbons (Fsp3) is 0.333. The van der Waals surface area contributed by atoms with Crippen LogP contribution in [0.4, 0.5) is 5.69 Å². The number of anilines is 1. The van der Waals surface area contributed by atoms with Crippen molar-refractivity contribution in [1.29, 1.82) is 0 Å². The van der Waals surface area contributed by atoms with Crippen LogP contribution in [-0.4, -0.2) is 39.5 Å². The third-order valence-corrected chi connectivity index (χ3v) is 5.77. The molecule has 156 valence electrons. The molecule has 1 aromatic carbocycles. The molecule has 8 nitrogen and oxygen atoms in total. The molecule has 3 heterocycles. The van der Waals surface area contributed by atoms with Crippen LogP contribution in [0.15, 0.2) is 45.5 Å². The van der Waals surface area contributed by atoms with Crippen molar-refractivity contribution in [3.63, 3.8) is 0 Å². The standard InChI is InChI=1S/C21H23N5O3S/c22-20(28)17-5-2-9-26(17)12-14-3-1-4-16(11-14)23-18(27)6-7-19-24-25-21(29-19)15-8-10-30-13-15/h1,3-4,8,10-11,13,17H,2,5-7,9,12H2,(H2,22,28)(H,23,27). The lowest BCUT2D eigenvalue weighted by atomic mass is 10.1. The number of nitrogens with one attached hydrogen (secondary N) is 1. The molecule has 1 unspecified atom stereocenters. The molecule has 30 heavy (non-hydrogen) atoms. The maximum atomic E-state index is 12.3. The normalized spacial score (nSPS) is 16.6. The Balaban J connectivity index is 1.30. The summed E-state index contributed by atoms with van der Waals surface area (Å²) in [6.45, 7) is 1.48. The second-order valence-corrected chi connectivity index (χ2v) is 8.07. The first kappa shape index (κ1) is 20.2. The number of carbonyl (C=O) groups is 2. The van der Waals surface area contributed by atoms with Gasteiger partial charge in [0.25, 0.3) is 0 Å². The van der Waals surface area contributed by atoms with Gasteiger partial charge in [0.15, 0.2) is 0 Å². The number of primary amides is 1. The Morgan fingerprint density at radius 3 is 3.00 bits per heavy atom. The predicted octanol–water partition coefficient (Wildman–Crippen LogP) is 2.82. The van der Waals surface area contributed by atoms with Crippen molar-refractivity contribution in [3.8, 4) is 11.5 Å². The van der Waals surface area contributed by atoms with Gasteiger partial charge < -0.3 is 15.5 Å². The number of amides is 2. The number of nitrogens with two attached hydrogens (primary N) is 1. The number of nitrogens with zero attached hydrogens (tertiary/aromatic N) is 3. The summed E-state index contributed by atoms with van der Waals surface area (Å²) in [6, 6.07) is 9.35. The molecule has 4 rings (SSSR count). The van der Waals surface area contributed by atoms with Crippen molar-refractivity contribution in [2.75, 3.05) is 11.9 Å². The Kier molecular flexibility index (Phi) is 6.20. The molecule has 0 saturated carbocycles. The van der Waals surface area contributed by atoms with Crippen LogP contribution in [0, 0.1) is 0 Å². The highest BCUT2D eigenvalue weighted by molar-refractivity contribution is 7.08. The maximum absolute atomic E-state index is 12.3. The summed E-state index contributed by atoms with van der Waals surface area (Å²) in [5, 5.41) is 14.8. The SMILES string of the molecule is NC(=O)C1CCCN1Cc1cccc(NC(=O)CCc2nnc(-c3ccsc3)o2)c1. The molecule has 2 amide bonds. The van der Waals surface area contributed by atoms with Crippen molar-refractivity contribution in [1.82, 2.24) is 15.1 Å². The smallest absolute Gasteiger partial charge is 0.248 e. The van der Waals surface area contributed by atoms with Crippen LogP contribution in [0.1, 0.15) is 30.7 Å². The summed E-state index contributed by atoms with van der Waals surface area (Å²) in [4.78, 5) is 26.0. The Morgan fingerprint density at radius 2 is 2.20 bits per heavy atom. The zero-order chi connectivity index (χ0) is 20.9. The average Bonchev–Trinajstić information content (AvgIpc) is 3.47. The van der Waals surface area contributed by atoms with Gasteiger partial charge in [-0.15, -0.1) is 10.2 Å². The van der Waals surface area contributed by atoms with E-state index in [-0.39, 0.29) is 24.3 Å². The van der Waals surface area contributed by atoms with Crippen LogP contribution in [0.3, 0.4) is 0 Å². The van der Waals surface area contributed by atoms with E-state index in [4.69, 9.17) is 10.2 Å². The van der Waals surface area contributed by atoms with Gasteiger partial charge >= 0.3 is 0 Å². The molecule has 9 heteroatoms. The number of carbonyl (C=O) groups excluding carboxylic acids is 2. The fourth-order valence-electron chi connectivity index (χ4n) is 3.62. The molecule has 0 bridgehead atoms. The third-order valence-electron chi connectivity index (χ3n) is 5.09. The molecule has 1 aliphatic rings. The first-order valence-corrected chi connectivity index (χ1v) is 10.8. The van der Waals surface area contributed by atoms with Crippen LogP contribution in [-0.2, 0) is 22.6 Å². The van der Waals surface area contributed by atoms with E-state index in [0.717, 1.165) is 36.2 Å². The van der Waals surface area contributed by atoms with Gasteiger partial charge in [0, 0.05) is 36.0 Å². The molecule has 1 atom stereocenters. The molecule has 3 N–H and O–H groups in total. The molecule has 1 fully saturated rings.